The maximum absolute atomic E-state index is 2.46. The van der Waals surface area contributed by atoms with Crippen LogP contribution in [0.25, 0.3) is 65.4 Å². The minimum atomic E-state index is 0.339. The van der Waals surface area contributed by atoms with Crippen molar-refractivity contribution in [2.45, 2.75) is 12.3 Å². The minimum absolute atomic E-state index is 0.339. The van der Waals surface area contributed by atoms with Crippen molar-refractivity contribution in [3.8, 4) is 5.69 Å². The van der Waals surface area contributed by atoms with E-state index in [4.69, 9.17) is 0 Å². The molecule has 1 aliphatic carbocycles. The number of hydrogen-bond acceptors (Lipinski definition) is 0. The fraction of sp³-hybridized carbons (Fsp3) is 0.0476. The molecule has 0 N–H and O–H groups in total. The van der Waals surface area contributed by atoms with Crippen molar-refractivity contribution in [2.75, 3.05) is 0 Å². The number of benzene rings is 7. The molecule has 0 radical (unpaired) electrons. The Morgan fingerprint density at radius 1 is 0.465 bits per heavy atom. The topological polar surface area (TPSA) is 4.93 Å². The van der Waals surface area contributed by atoms with E-state index in [9.17, 15) is 0 Å². The lowest BCUT2D eigenvalue weighted by Crippen LogP contribution is -2.00. The van der Waals surface area contributed by atoms with Gasteiger partial charge in [-0.3, -0.25) is 0 Å². The molecular formula is C42H29N. The van der Waals surface area contributed by atoms with Gasteiger partial charge in [0.2, 0.25) is 0 Å². The molecule has 1 nitrogen and oxygen atoms in total. The molecule has 0 spiro atoms. The molecule has 1 unspecified atom stereocenters. The van der Waals surface area contributed by atoms with Gasteiger partial charge in [-0.25, -0.2) is 0 Å². The Morgan fingerprint density at radius 3 is 1.58 bits per heavy atom. The van der Waals surface area contributed by atoms with Gasteiger partial charge in [-0.15, -0.1) is 0 Å². The zero-order chi connectivity index (χ0) is 28.3. The normalized spacial score (nSPS) is 15.2. The third-order valence-corrected chi connectivity index (χ3v) is 9.30. The van der Waals surface area contributed by atoms with Gasteiger partial charge in [0.05, 0.1) is 11.0 Å². The Balaban J connectivity index is 1.11. The summed E-state index contributed by atoms with van der Waals surface area (Å²) >= 11 is 0. The maximum Gasteiger partial charge on any atom is 0.0541 e. The summed E-state index contributed by atoms with van der Waals surface area (Å²) in [4.78, 5) is 0. The Bertz CT molecular complexity index is 2330. The summed E-state index contributed by atoms with van der Waals surface area (Å²) in [6, 6.07) is 51.2. The molecule has 1 heterocycles. The quantitative estimate of drug-likeness (QED) is 0.194. The van der Waals surface area contributed by atoms with E-state index in [1.54, 1.807) is 0 Å². The highest BCUT2D eigenvalue weighted by Gasteiger charge is 2.16. The Morgan fingerprint density at radius 2 is 0.977 bits per heavy atom. The second-order valence-corrected chi connectivity index (χ2v) is 11.7. The van der Waals surface area contributed by atoms with Gasteiger partial charge in [0.15, 0.2) is 0 Å². The lowest BCUT2D eigenvalue weighted by Gasteiger charge is -2.19. The Kier molecular flexibility index (Phi) is 5.39. The van der Waals surface area contributed by atoms with Crippen molar-refractivity contribution in [3.63, 3.8) is 0 Å². The summed E-state index contributed by atoms with van der Waals surface area (Å²) in [5, 5.41) is 10.6. The highest BCUT2D eigenvalue weighted by Crippen LogP contribution is 2.39. The zero-order valence-corrected chi connectivity index (χ0v) is 23.7. The number of hydrogen-bond donors (Lipinski definition) is 0. The fourth-order valence-corrected chi connectivity index (χ4v) is 7.27. The van der Waals surface area contributed by atoms with E-state index in [-0.39, 0.29) is 0 Å². The van der Waals surface area contributed by atoms with E-state index >= 15 is 0 Å². The predicted octanol–water partition coefficient (Wildman–Crippen LogP) is 11.4. The van der Waals surface area contributed by atoms with Crippen molar-refractivity contribution in [2.24, 2.45) is 0 Å². The summed E-state index contributed by atoms with van der Waals surface area (Å²) in [5.74, 6) is 0.339. The number of allylic oxidation sites excluding steroid dienone is 4. The van der Waals surface area contributed by atoms with Crippen molar-refractivity contribution in [1.82, 2.24) is 4.57 Å². The fourth-order valence-electron chi connectivity index (χ4n) is 7.27. The van der Waals surface area contributed by atoms with Gasteiger partial charge >= 0.3 is 0 Å². The molecule has 7 aromatic carbocycles. The van der Waals surface area contributed by atoms with Gasteiger partial charge in [0.25, 0.3) is 0 Å². The average Bonchev–Trinajstić information content (AvgIpc) is 3.43. The first kappa shape index (κ1) is 24.2. The predicted molar refractivity (Wildman–Crippen MR) is 184 cm³/mol. The SMILES string of the molecule is C1=CC(c2ccc(-n3c4ccccc4c4ccccc43)cc2)=CC(c2ccc3c4ccccc4c4ccccc4c3c2)C1. The lowest BCUT2D eigenvalue weighted by atomic mass is 9.85. The first-order chi connectivity index (χ1) is 21.3. The first-order valence-electron chi connectivity index (χ1n) is 15.1. The molecule has 43 heavy (non-hydrogen) atoms. The molecule has 0 bridgehead atoms. The van der Waals surface area contributed by atoms with Crippen molar-refractivity contribution in [1.29, 1.82) is 0 Å². The molecule has 1 aromatic heterocycles. The molecular weight excluding hydrogens is 518 g/mol. The first-order valence-corrected chi connectivity index (χ1v) is 15.1. The molecule has 1 heteroatoms. The van der Waals surface area contributed by atoms with Crippen LogP contribution in [-0.2, 0) is 0 Å². The number of aromatic nitrogens is 1. The second-order valence-electron chi connectivity index (χ2n) is 11.7. The molecule has 1 aliphatic rings. The van der Waals surface area contributed by atoms with Crippen LogP contribution in [0.15, 0.2) is 158 Å². The van der Waals surface area contributed by atoms with Gasteiger partial charge in [-0.1, -0.05) is 127 Å². The van der Waals surface area contributed by atoms with Gasteiger partial charge in [0.1, 0.15) is 0 Å². The van der Waals surface area contributed by atoms with E-state index in [2.05, 4.69) is 162 Å². The zero-order valence-electron chi connectivity index (χ0n) is 23.7. The van der Waals surface area contributed by atoms with E-state index in [1.165, 1.54) is 76.5 Å². The number of nitrogens with zero attached hydrogens (tertiary/aromatic N) is 1. The summed E-state index contributed by atoms with van der Waals surface area (Å²) in [6.07, 6.45) is 8.10. The molecule has 0 amide bonds. The van der Waals surface area contributed by atoms with Crippen molar-refractivity contribution >= 4 is 59.7 Å². The summed E-state index contributed by atoms with van der Waals surface area (Å²) in [5.41, 5.74) is 7.58. The maximum atomic E-state index is 2.46. The Labute approximate surface area is 250 Å². The van der Waals surface area contributed by atoms with Crippen LogP contribution < -0.4 is 0 Å². The van der Waals surface area contributed by atoms with Crippen LogP contribution >= 0.6 is 0 Å². The molecule has 8 aromatic rings. The van der Waals surface area contributed by atoms with E-state index in [0.29, 0.717) is 5.92 Å². The van der Waals surface area contributed by atoms with Crippen LogP contribution in [0.2, 0.25) is 0 Å². The number of para-hydroxylation sites is 2. The van der Waals surface area contributed by atoms with Crippen molar-refractivity contribution < 1.29 is 0 Å². The summed E-state index contributed by atoms with van der Waals surface area (Å²) in [6.45, 7) is 0. The Hall–Kier alpha value is -5.40. The van der Waals surface area contributed by atoms with Crippen LogP contribution in [0.3, 0.4) is 0 Å². The van der Waals surface area contributed by atoms with E-state index < -0.39 is 0 Å². The van der Waals surface area contributed by atoms with Gasteiger partial charge in [0, 0.05) is 22.4 Å². The van der Waals surface area contributed by atoms with Crippen molar-refractivity contribution in [3.05, 3.63) is 169 Å². The summed E-state index contributed by atoms with van der Waals surface area (Å²) in [7, 11) is 0. The standard InChI is InChI=1S/C42H29N/c1-2-14-35-33(12-1)34-13-3-4-15-36(34)40-27-31(22-25-37(35)40)30-11-9-10-29(26-30)28-20-23-32(24-21-28)43-41-18-7-5-16-38(41)39-17-6-8-19-42(39)43/h1-10,12-27,30H,11H2. The molecule has 0 saturated heterocycles. The molecule has 1 atom stereocenters. The number of rotatable bonds is 3. The van der Waals surface area contributed by atoms with E-state index in [1.807, 2.05) is 0 Å². The molecule has 0 fully saturated rings. The average molecular weight is 548 g/mol. The third kappa shape index (κ3) is 3.78. The largest absolute Gasteiger partial charge is 0.309 e. The van der Waals surface area contributed by atoms with Crippen LogP contribution in [0.5, 0.6) is 0 Å². The lowest BCUT2D eigenvalue weighted by molar-refractivity contribution is 0.859. The van der Waals surface area contributed by atoms with Crippen LogP contribution in [0, 0.1) is 0 Å². The smallest absolute Gasteiger partial charge is 0.0541 e. The van der Waals surface area contributed by atoms with Gasteiger partial charge < -0.3 is 4.57 Å². The van der Waals surface area contributed by atoms with E-state index in [0.717, 1.165) is 6.42 Å². The second kappa shape index (κ2) is 9.58. The van der Waals surface area contributed by atoms with Crippen LogP contribution in [-0.4, -0.2) is 4.57 Å². The highest BCUT2D eigenvalue weighted by molar-refractivity contribution is 6.25. The molecule has 0 aliphatic heterocycles. The third-order valence-electron chi connectivity index (χ3n) is 9.30. The molecule has 0 saturated carbocycles. The number of fused-ring (bicyclic) bond motifs is 9. The highest BCUT2D eigenvalue weighted by atomic mass is 15.0. The molecule has 202 valence electrons. The van der Waals surface area contributed by atoms with Crippen LogP contribution in [0.4, 0.5) is 0 Å². The summed E-state index contributed by atoms with van der Waals surface area (Å²) < 4.78 is 2.38. The minimum Gasteiger partial charge on any atom is -0.309 e. The monoisotopic (exact) mass is 547 g/mol. The van der Waals surface area contributed by atoms with Crippen LogP contribution in [0.1, 0.15) is 23.5 Å². The molecule has 9 rings (SSSR count). The van der Waals surface area contributed by atoms with Gasteiger partial charge in [-0.05, 0) is 85.8 Å². The van der Waals surface area contributed by atoms with Gasteiger partial charge in [-0.2, -0.15) is 0 Å².